The summed E-state index contributed by atoms with van der Waals surface area (Å²) in [5.74, 6) is 1.83. The Hall–Kier alpha value is -9.50. The van der Waals surface area contributed by atoms with Crippen molar-refractivity contribution in [3.63, 3.8) is 0 Å². The van der Waals surface area contributed by atoms with E-state index < -0.39 is 71.7 Å². The fraction of sp³-hybridized carbons (Fsp3) is 0.478. The summed E-state index contributed by atoms with van der Waals surface area (Å²) in [6, 6.07) is 22.4. The molecule has 5 rings (SSSR count). The largest absolute Gasteiger partial charge is 0.392 e. The first-order chi connectivity index (χ1) is 46.6. The Morgan fingerprint density at radius 3 is 1.37 bits per heavy atom. The highest BCUT2D eigenvalue weighted by molar-refractivity contribution is 6.00. The number of nitrogens with one attached hydrogen (secondary N) is 8. The summed E-state index contributed by atoms with van der Waals surface area (Å²) in [6.45, 7) is 7.92. The van der Waals surface area contributed by atoms with Crippen LogP contribution in [0.15, 0.2) is 97.1 Å². The molecule has 0 fully saturated rings. The van der Waals surface area contributed by atoms with E-state index in [1.807, 2.05) is 48.5 Å². The predicted molar refractivity (Wildman–Crippen MR) is 361 cm³/mol. The third-order valence-electron chi connectivity index (χ3n) is 15.3. The van der Waals surface area contributed by atoms with Gasteiger partial charge in [0.05, 0.1) is 78.3 Å². The Balaban J connectivity index is 1.09. The van der Waals surface area contributed by atoms with Gasteiger partial charge in [0.2, 0.25) is 47.3 Å². The number of hydrogen-bond acceptors (Lipinski definition) is 16. The normalized spacial score (nSPS) is 12.7. The van der Waals surface area contributed by atoms with E-state index in [1.54, 1.807) is 81.1 Å². The van der Waals surface area contributed by atoms with Gasteiger partial charge >= 0.3 is 12.1 Å². The molecule has 0 saturated heterocycles. The van der Waals surface area contributed by atoms with Crippen LogP contribution >= 0.6 is 0 Å². The lowest BCUT2D eigenvalue weighted by Crippen LogP contribution is -2.54. The Bertz CT molecular complexity index is 3140. The van der Waals surface area contributed by atoms with Gasteiger partial charge in [-0.15, -0.1) is 0 Å². The van der Waals surface area contributed by atoms with Gasteiger partial charge in [0.1, 0.15) is 24.2 Å². The van der Waals surface area contributed by atoms with Gasteiger partial charge in [0.25, 0.3) is 0 Å². The van der Waals surface area contributed by atoms with Crippen LogP contribution in [0.3, 0.4) is 0 Å². The molecule has 28 heteroatoms. The van der Waals surface area contributed by atoms with Crippen LogP contribution in [0.2, 0.25) is 0 Å². The third kappa shape index (κ3) is 28.8. The van der Waals surface area contributed by atoms with Crippen molar-refractivity contribution in [3.8, 4) is 11.8 Å². The number of hydrogen-bond donors (Lipinski definition) is 12. The number of nitrogens with zero attached hydrogens (tertiary/aromatic N) is 2. The van der Waals surface area contributed by atoms with Gasteiger partial charge in [-0.05, 0) is 96.7 Å². The summed E-state index contributed by atoms with van der Waals surface area (Å²) >= 11 is 0. The zero-order valence-electron chi connectivity index (χ0n) is 55.6. The number of para-hydroxylation sites is 1. The van der Waals surface area contributed by atoms with E-state index in [2.05, 4.69) is 54.4 Å². The molecule has 1 aliphatic heterocycles. The molecule has 526 valence electrons. The van der Waals surface area contributed by atoms with Crippen LogP contribution in [0, 0.1) is 23.7 Å². The summed E-state index contributed by atoms with van der Waals surface area (Å²) in [4.78, 5) is 134. The summed E-state index contributed by atoms with van der Waals surface area (Å²) in [6.07, 6.45) is 0.411. The molecule has 1 heterocycles. The third-order valence-corrected chi connectivity index (χ3v) is 15.3. The molecular weight excluding hydrogens is 1250 g/mol. The summed E-state index contributed by atoms with van der Waals surface area (Å²) < 4.78 is 23.1. The quantitative estimate of drug-likeness (QED) is 0.0224. The molecule has 0 saturated carbocycles. The molecule has 97 heavy (non-hydrogen) atoms. The number of nitrogens with two attached hydrogens (primary N) is 2. The van der Waals surface area contributed by atoms with E-state index in [9.17, 15) is 58.2 Å². The monoisotopic (exact) mass is 1350 g/mol. The Kier molecular flexibility index (Phi) is 34.5. The summed E-state index contributed by atoms with van der Waals surface area (Å²) in [7, 11) is 0. The van der Waals surface area contributed by atoms with Crippen molar-refractivity contribution in [1.29, 1.82) is 0 Å². The molecule has 12 amide bonds. The smallest absolute Gasteiger partial charge is 0.312 e. The van der Waals surface area contributed by atoms with Crippen molar-refractivity contribution in [1.82, 2.24) is 36.8 Å². The first-order valence-corrected chi connectivity index (χ1v) is 32.5. The Labute approximate surface area is 565 Å². The van der Waals surface area contributed by atoms with Crippen LogP contribution in [-0.4, -0.2) is 178 Å². The van der Waals surface area contributed by atoms with Crippen LogP contribution in [0.25, 0.3) is 0 Å². The van der Waals surface area contributed by atoms with Crippen molar-refractivity contribution in [2.24, 2.45) is 23.3 Å². The van der Waals surface area contributed by atoms with Crippen molar-refractivity contribution in [2.45, 2.75) is 123 Å². The second kappa shape index (κ2) is 42.8. The van der Waals surface area contributed by atoms with E-state index in [4.69, 9.17) is 30.4 Å². The van der Waals surface area contributed by atoms with Crippen LogP contribution in [0.4, 0.5) is 26.7 Å². The van der Waals surface area contributed by atoms with Crippen LogP contribution in [0.1, 0.15) is 107 Å². The minimum Gasteiger partial charge on any atom is -0.392 e. The molecule has 1 aliphatic rings. The Morgan fingerprint density at radius 1 is 0.505 bits per heavy atom. The molecule has 14 N–H and O–H groups in total. The molecule has 28 nitrogen and oxygen atoms in total. The van der Waals surface area contributed by atoms with Crippen molar-refractivity contribution >= 4 is 76.4 Å². The maximum atomic E-state index is 14.1. The number of fused-ring (bicyclic) bond motifs is 2. The van der Waals surface area contributed by atoms with Gasteiger partial charge < -0.3 is 93.0 Å². The number of ether oxygens (including phenoxy) is 4. The molecule has 0 bridgehead atoms. The van der Waals surface area contributed by atoms with E-state index in [0.717, 1.165) is 11.1 Å². The summed E-state index contributed by atoms with van der Waals surface area (Å²) in [5.41, 5.74) is 15.5. The highest BCUT2D eigenvalue weighted by Crippen LogP contribution is 2.27. The highest BCUT2D eigenvalue weighted by Gasteiger charge is 2.31. The van der Waals surface area contributed by atoms with Crippen LogP contribution in [0.5, 0.6) is 0 Å². The lowest BCUT2D eigenvalue weighted by Gasteiger charge is -2.27. The number of aliphatic hydroxyl groups excluding tert-OH is 2. The first-order valence-electron chi connectivity index (χ1n) is 32.5. The predicted octanol–water partition coefficient (Wildman–Crippen LogP) is 2.80. The fourth-order valence-electron chi connectivity index (χ4n) is 9.90. The molecule has 0 spiro atoms. The standard InChI is InChI=1S/C69H94N12O16/c1-46(2)62(66(90)76-55(14-9-31-72-68(70)92)64(88)74-53-23-17-48(44-82)18-24-53)78-58(84)29-35-94-39-41-96-37-33-80(60(86)27-28-61(87)81-43-52-13-6-5-11-50(52)21-22-51-12-7-8-16-57(51)81)34-38-97-42-40-95-36-30-59(85)79-63(47(3)4)67(91)77-56(15-10-32-73-69(71)93)65(89)75-54-25-19-49(45-83)20-26-54/h5-8,11-13,16-20,23-26,46-47,55-56,62-63,82-83H,9-10,14-15,27-45H2,1-4H3,(H,74,88)(H,75,89)(H,76,90)(H,77,91)(H,78,84)(H,79,85)(H3,70,72,92)(H3,71,73,93)/t55-,56-,62-,63-/m0/s1. The number of carbonyl (C=O) groups excluding carboxylic acids is 10. The maximum Gasteiger partial charge on any atom is 0.312 e. The Morgan fingerprint density at radius 2 is 0.928 bits per heavy atom. The molecule has 0 radical (unpaired) electrons. The molecular formula is C69H94N12O16. The number of anilines is 3. The minimum atomic E-state index is -1.05. The molecule has 0 aromatic heterocycles. The average molecular weight is 1350 g/mol. The average Bonchev–Trinajstić information content (AvgIpc) is 0.859. The van der Waals surface area contributed by atoms with E-state index in [-0.39, 0.29) is 161 Å². The molecule has 4 atom stereocenters. The zero-order valence-corrected chi connectivity index (χ0v) is 55.6. The van der Waals surface area contributed by atoms with Gasteiger partial charge in [-0.2, -0.15) is 0 Å². The SMILES string of the molecule is CC(C)[C@H](NC(=O)CCOCCOCCN(CCOCCOCCC(=O)N[C@H](C(=O)N[C@@H](CCCNC(N)=O)C(=O)Nc1ccc(CO)cc1)C(C)C)C(=O)CCC(=O)N1Cc2ccccc2C#Cc2ccccc21)C(=O)N[C@@H](CCCNC(N)=O)C(=O)Nc1ccc(CO)cc1. The van der Waals surface area contributed by atoms with Gasteiger partial charge in [-0.25, -0.2) is 9.59 Å². The van der Waals surface area contributed by atoms with Gasteiger partial charge in [-0.3, -0.25) is 38.4 Å². The number of primary amides is 2. The van der Waals surface area contributed by atoms with Crippen LogP contribution < -0.4 is 58.9 Å². The van der Waals surface area contributed by atoms with Gasteiger partial charge in [0, 0.05) is 74.4 Å². The maximum absolute atomic E-state index is 14.1. The van der Waals surface area contributed by atoms with E-state index >= 15 is 0 Å². The first kappa shape index (κ1) is 78.2. The van der Waals surface area contributed by atoms with E-state index in [0.29, 0.717) is 46.6 Å². The van der Waals surface area contributed by atoms with Gasteiger partial charge in [-0.1, -0.05) is 94.1 Å². The van der Waals surface area contributed by atoms with Crippen LogP contribution in [-0.2, 0) is 77.1 Å². The molecule has 4 aromatic carbocycles. The lowest BCUT2D eigenvalue weighted by atomic mass is 10.0. The number of aliphatic hydroxyl groups is 2. The number of benzene rings is 4. The van der Waals surface area contributed by atoms with Crippen molar-refractivity contribution < 1.29 is 77.1 Å². The second-order valence-electron chi connectivity index (χ2n) is 23.5. The minimum absolute atomic E-state index is 0.0191. The number of urea groups is 2. The molecule has 0 aliphatic carbocycles. The summed E-state index contributed by atoms with van der Waals surface area (Å²) in [5, 5.41) is 40.2. The molecule has 4 aromatic rings. The van der Waals surface area contributed by atoms with Crippen molar-refractivity contribution in [3.05, 3.63) is 125 Å². The fourth-order valence-corrected chi connectivity index (χ4v) is 9.90. The second-order valence-corrected chi connectivity index (χ2v) is 23.5. The topological polar surface area (TPSA) is 403 Å². The highest BCUT2D eigenvalue weighted by atomic mass is 16.5. The number of carbonyl (C=O) groups is 10. The molecule has 0 unspecified atom stereocenters. The van der Waals surface area contributed by atoms with E-state index in [1.165, 1.54) is 4.90 Å². The van der Waals surface area contributed by atoms with Gasteiger partial charge in [0.15, 0.2) is 0 Å². The number of amides is 12. The zero-order chi connectivity index (χ0) is 70.5. The lowest BCUT2D eigenvalue weighted by molar-refractivity contribution is -0.134. The van der Waals surface area contributed by atoms with Crippen molar-refractivity contribution in [2.75, 3.05) is 94.6 Å². The number of rotatable bonds is 43.